The molecule has 0 aromatic carbocycles. The van der Waals surface area contributed by atoms with Crippen LogP contribution in [0.5, 0.6) is 0 Å². The van der Waals surface area contributed by atoms with E-state index in [9.17, 15) is 4.57 Å². The molecule has 0 amide bonds. The smallest absolute Gasteiger partial charge is 0.203 e. The molecule has 0 saturated heterocycles. The van der Waals surface area contributed by atoms with Gasteiger partial charge in [0.2, 0.25) is 7.37 Å². The third kappa shape index (κ3) is 29.0. The van der Waals surface area contributed by atoms with Crippen LogP contribution >= 0.6 is 7.37 Å². The molecule has 3 nitrogen and oxygen atoms in total. The van der Waals surface area contributed by atoms with Crippen molar-refractivity contribution in [3.63, 3.8) is 0 Å². The van der Waals surface area contributed by atoms with Crippen LogP contribution in [0.1, 0.15) is 168 Å². The van der Waals surface area contributed by atoms with Crippen molar-refractivity contribution in [3.8, 4) is 0 Å². The third-order valence-electron chi connectivity index (χ3n) is 7.79. The lowest BCUT2D eigenvalue weighted by molar-refractivity contribution is -0.870. The van der Waals surface area contributed by atoms with Crippen LogP contribution in [0.2, 0.25) is 0 Å². The van der Waals surface area contributed by atoms with Crippen LogP contribution in [0.3, 0.4) is 0 Å². The monoisotopic (exact) mass is 545 g/mol. The van der Waals surface area contributed by atoms with Crippen molar-refractivity contribution < 1.29 is 13.6 Å². The van der Waals surface area contributed by atoms with Gasteiger partial charge in [-0.2, -0.15) is 0 Å². The molecule has 0 heterocycles. The van der Waals surface area contributed by atoms with Gasteiger partial charge in [-0.15, -0.1) is 0 Å². The first-order valence-electron chi connectivity index (χ1n) is 16.9. The Labute approximate surface area is 235 Å². The molecule has 0 bridgehead atoms. The molecule has 0 fully saturated rings. The first-order chi connectivity index (χ1) is 17.8. The number of nitrogens with zero attached hydrogens (tertiary/aromatic N) is 1. The SMILES string of the molecule is CCCCCCCCCCCCCCP(=O)(CCCCCCCCCCCCCC)OCC[N+](C)(C)C. The van der Waals surface area contributed by atoms with E-state index < -0.39 is 7.37 Å². The first kappa shape index (κ1) is 37.1. The van der Waals surface area contributed by atoms with Crippen LogP contribution in [0.4, 0.5) is 0 Å². The molecular weight excluding hydrogens is 473 g/mol. The van der Waals surface area contributed by atoms with E-state index >= 15 is 0 Å². The summed E-state index contributed by atoms with van der Waals surface area (Å²) in [4.78, 5) is 0. The predicted molar refractivity (Wildman–Crippen MR) is 168 cm³/mol. The molecule has 0 radical (unpaired) electrons. The summed E-state index contributed by atoms with van der Waals surface area (Å²) in [6.45, 7) is 6.14. The fraction of sp³-hybridized carbons (Fsp3) is 1.00. The lowest BCUT2D eigenvalue weighted by Crippen LogP contribution is -2.37. The molecule has 0 saturated carbocycles. The van der Waals surface area contributed by atoms with Gasteiger partial charge < -0.3 is 9.01 Å². The molecular formula is C33H71NO2P+. The van der Waals surface area contributed by atoms with Gasteiger partial charge in [0, 0.05) is 12.3 Å². The van der Waals surface area contributed by atoms with Crippen molar-refractivity contribution in [2.45, 2.75) is 168 Å². The number of rotatable bonds is 30. The van der Waals surface area contributed by atoms with Crippen LogP contribution in [-0.2, 0) is 9.09 Å². The number of unbranched alkanes of at least 4 members (excludes halogenated alkanes) is 22. The summed E-state index contributed by atoms with van der Waals surface area (Å²) in [5.41, 5.74) is 0. The van der Waals surface area contributed by atoms with Crippen LogP contribution in [0.15, 0.2) is 0 Å². The fourth-order valence-electron chi connectivity index (χ4n) is 5.11. The second kappa shape index (κ2) is 26.4. The zero-order chi connectivity index (χ0) is 27.5. The van der Waals surface area contributed by atoms with E-state index in [-0.39, 0.29) is 0 Å². The average molecular weight is 545 g/mol. The normalized spacial score (nSPS) is 12.5. The summed E-state index contributed by atoms with van der Waals surface area (Å²) in [5, 5.41) is 0. The third-order valence-corrected chi connectivity index (χ3v) is 10.4. The van der Waals surface area contributed by atoms with Crippen molar-refractivity contribution in [2.75, 3.05) is 46.6 Å². The topological polar surface area (TPSA) is 26.3 Å². The number of likely N-dealkylation sites (N-methyl/N-ethyl adjacent to an activating group) is 1. The van der Waals surface area contributed by atoms with Gasteiger partial charge in [-0.25, -0.2) is 0 Å². The molecule has 4 heteroatoms. The summed E-state index contributed by atoms with van der Waals surface area (Å²) < 4.78 is 20.7. The second-order valence-corrected chi connectivity index (χ2v) is 15.7. The number of hydrogen-bond donors (Lipinski definition) is 0. The number of quaternary nitrogens is 1. The molecule has 37 heavy (non-hydrogen) atoms. The minimum atomic E-state index is -2.48. The van der Waals surface area contributed by atoms with Gasteiger partial charge in [0.05, 0.1) is 21.1 Å². The lowest BCUT2D eigenvalue weighted by Gasteiger charge is -2.25. The van der Waals surface area contributed by atoms with Crippen molar-refractivity contribution in [2.24, 2.45) is 0 Å². The van der Waals surface area contributed by atoms with E-state index in [1.54, 1.807) is 0 Å². The summed E-state index contributed by atoms with van der Waals surface area (Å²) in [6.07, 6.45) is 33.9. The van der Waals surface area contributed by atoms with Gasteiger partial charge in [-0.3, -0.25) is 4.57 Å². The molecule has 0 aliphatic carbocycles. The lowest BCUT2D eigenvalue weighted by atomic mass is 10.1. The van der Waals surface area contributed by atoms with Crippen LogP contribution in [-0.4, -0.2) is 51.1 Å². The maximum Gasteiger partial charge on any atom is 0.203 e. The summed E-state index contributed by atoms with van der Waals surface area (Å²) in [7, 11) is 4.08. The van der Waals surface area contributed by atoms with Gasteiger partial charge in [0.15, 0.2) is 0 Å². The predicted octanol–water partition coefficient (Wildman–Crippen LogP) is 11.4. The van der Waals surface area contributed by atoms with Gasteiger partial charge >= 0.3 is 0 Å². The molecule has 0 aromatic heterocycles. The van der Waals surface area contributed by atoms with Crippen LogP contribution in [0.25, 0.3) is 0 Å². The Kier molecular flexibility index (Phi) is 26.5. The quantitative estimate of drug-likeness (QED) is 0.0510. The second-order valence-electron chi connectivity index (χ2n) is 12.9. The molecule has 0 atom stereocenters. The highest BCUT2D eigenvalue weighted by Gasteiger charge is 2.23. The maximum absolute atomic E-state index is 13.6. The van der Waals surface area contributed by atoms with E-state index in [0.717, 1.165) is 36.2 Å². The van der Waals surface area contributed by atoms with Crippen LogP contribution < -0.4 is 0 Å². The Morgan fingerprint density at radius 3 is 1.00 bits per heavy atom. The van der Waals surface area contributed by atoms with Crippen molar-refractivity contribution >= 4 is 7.37 Å². The zero-order valence-corrected chi connectivity index (χ0v) is 27.4. The molecule has 0 aromatic rings. The Bertz CT molecular complexity index is 471. The van der Waals surface area contributed by atoms with Crippen molar-refractivity contribution in [1.82, 2.24) is 0 Å². The van der Waals surface area contributed by atoms with Crippen molar-refractivity contribution in [3.05, 3.63) is 0 Å². The minimum absolute atomic E-state index is 0.636. The Morgan fingerprint density at radius 1 is 0.459 bits per heavy atom. The summed E-state index contributed by atoms with van der Waals surface area (Å²) in [6, 6.07) is 0. The average Bonchev–Trinajstić information content (AvgIpc) is 2.84. The molecule has 0 aliphatic rings. The van der Waals surface area contributed by atoms with Crippen molar-refractivity contribution in [1.29, 1.82) is 0 Å². The highest BCUT2D eigenvalue weighted by atomic mass is 31.2. The molecule has 0 unspecified atom stereocenters. The molecule has 0 N–H and O–H groups in total. The molecule has 0 aliphatic heterocycles. The summed E-state index contributed by atoms with van der Waals surface area (Å²) >= 11 is 0. The molecule has 0 spiro atoms. The van der Waals surface area contributed by atoms with Gasteiger partial charge in [-0.1, -0.05) is 155 Å². The van der Waals surface area contributed by atoms with Gasteiger partial charge in [-0.05, 0) is 12.8 Å². The van der Waals surface area contributed by atoms with E-state index in [1.165, 1.54) is 141 Å². The van der Waals surface area contributed by atoms with E-state index in [0.29, 0.717) is 6.61 Å². The maximum atomic E-state index is 13.6. The van der Waals surface area contributed by atoms with Crippen LogP contribution in [0, 0.1) is 0 Å². The fourth-order valence-corrected chi connectivity index (χ4v) is 7.42. The summed E-state index contributed by atoms with van der Waals surface area (Å²) in [5.74, 6) is 0. The first-order valence-corrected chi connectivity index (χ1v) is 18.9. The van der Waals surface area contributed by atoms with E-state index in [1.807, 2.05) is 0 Å². The Hall–Kier alpha value is 0.150. The minimum Gasteiger partial charge on any atom is -0.329 e. The van der Waals surface area contributed by atoms with E-state index in [4.69, 9.17) is 4.52 Å². The zero-order valence-electron chi connectivity index (χ0n) is 26.5. The highest BCUT2D eigenvalue weighted by molar-refractivity contribution is 7.58. The van der Waals surface area contributed by atoms with Gasteiger partial charge in [0.1, 0.15) is 13.2 Å². The Balaban J connectivity index is 3.97. The Morgan fingerprint density at radius 2 is 0.730 bits per heavy atom. The van der Waals surface area contributed by atoms with Gasteiger partial charge in [0.25, 0.3) is 0 Å². The molecule has 224 valence electrons. The standard InChI is InChI=1S/C33H71NO2P/c1-6-8-10-12-14-16-18-20-22-24-26-28-32-37(35,36-31-30-34(3,4)5)33-29-27-25-23-21-19-17-15-13-11-9-7-2/h6-33H2,1-5H3/q+1. The molecule has 0 rings (SSSR count). The largest absolute Gasteiger partial charge is 0.329 e. The highest BCUT2D eigenvalue weighted by Crippen LogP contribution is 2.48. The van der Waals surface area contributed by atoms with E-state index in [2.05, 4.69) is 35.0 Å². The number of hydrogen-bond acceptors (Lipinski definition) is 2.